The molecule has 124 valence electrons. The number of hydrogen-bond donors (Lipinski definition) is 0. The van der Waals surface area contributed by atoms with Crippen LogP contribution < -0.4 is 5.43 Å². The van der Waals surface area contributed by atoms with Gasteiger partial charge in [-0.05, 0) is 35.9 Å². The number of aryl methyl sites for hydroxylation is 2. The van der Waals surface area contributed by atoms with Crippen LogP contribution in [-0.4, -0.2) is 26.2 Å². The predicted molar refractivity (Wildman–Crippen MR) is 84.4 cm³/mol. The lowest BCUT2D eigenvalue weighted by molar-refractivity contribution is 0.0420. The number of nitrogens with zero attached hydrogens (tertiary/aromatic N) is 4. The third-order valence-corrected chi connectivity index (χ3v) is 3.46. The molecular weight excluding hydrogens is 312 g/mol. The van der Waals surface area contributed by atoms with Crippen LogP contribution in [0.25, 0.3) is 11.0 Å². The first-order valence-corrected chi connectivity index (χ1v) is 7.55. The molecule has 0 unspecified atom stereocenters. The van der Waals surface area contributed by atoms with Gasteiger partial charge in [0.05, 0.1) is 5.39 Å². The number of aromatic nitrogens is 4. The molecule has 0 saturated carbocycles. The Kier molecular flexibility index (Phi) is 4.37. The molecule has 0 atom stereocenters. The Morgan fingerprint density at radius 3 is 2.96 bits per heavy atom. The molecule has 0 saturated heterocycles. The Hall–Kier alpha value is -3.03. The second-order valence-electron chi connectivity index (χ2n) is 5.37. The van der Waals surface area contributed by atoms with Crippen LogP contribution in [0.5, 0.6) is 0 Å². The van der Waals surface area contributed by atoms with E-state index in [1.165, 1.54) is 0 Å². The fraction of sp³-hybridized carbons (Fsp3) is 0.312. The van der Waals surface area contributed by atoms with Crippen LogP contribution in [0.3, 0.4) is 0 Å². The average Bonchev–Trinajstić information content (AvgIpc) is 3.01. The van der Waals surface area contributed by atoms with Gasteiger partial charge in [0.25, 0.3) is 0 Å². The van der Waals surface area contributed by atoms with Gasteiger partial charge in [0.1, 0.15) is 5.58 Å². The van der Waals surface area contributed by atoms with Crippen molar-refractivity contribution in [2.75, 3.05) is 0 Å². The molecule has 3 aromatic rings. The van der Waals surface area contributed by atoms with Crippen molar-refractivity contribution in [1.29, 1.82) is 0 Å². The molecule has 8 heteroatoms. The molecule has 0 spiro atoms. The summed E-state index contributed by atoms with van der Waals surface area (Å²) < 4.78 is 12.2. The molecule has 0 aliphatic rings. The Bertz CT molecular complexity index is 945. The number of rotatable bonds is 5. The molecule has 0 radical (unpaired) electrons. The summed E-state index contributed by atoms with van der Waals surface area (Å²) in [5, 5.41) is 11.6. The fourth-order valence-corrected chi connectivity index (χ4v) is 2.28. The smallest absolute Gasteiger partial charge is 0.374 e. The fourth-order valence-electron chi connectivity index (χ4n) is 2.28. The first kappa shape index (κ1) is 15.9. The monoisotopic (exact) mass is 328 g/mol. The van der Waals surface area contributed by atoms with Gasteiger partial charge in [-0.25, -0.2) is 9.48 Å². The highest BCUT2D eigenvalue weighted by atomic mass is 16.5. The highest BCUT2D eigenvalue weighted by Gasteiger charge is 2.16. The van der Waals surface area contributed by atoms with Crippen molar-refractivity contribution in [3.05, 3.63) is 51.6 Å². The van der Waals surface area contributed by atoms with E-state index in [-0.39, 0.29) is 17.8 Å². The molecule has 8 nitrogen and oxygen atoms in total. The van der Waals surface area contributed by atoms with E-state index in [1.54, 1.807) is 22.9 Å². The summed E-state index contributed by atoms with van der Waals surface area (Å²) in [4.78, 5) is 24.3. The maximum absolute atomic E-state index is 12.1. The molecule has 24 heavy (non-hydrogen) atoms. The summed E-state index contributed by atoms with van der Waals surface area (Å²) in [6.45, 7) is 4.40. The summed E-state index contributed by atoms with van der Waals surface area (Å²) in [6, 6.07) is 6.32. The minimum atomic E-state index is -0.736. The second kappa shape index (κ2) is 6.61. The number of benzene rings is 1. The summed E-state index contributed by atoms with van der Waals surface area (Å²) in [5.41, 5.74) is 0.992. The Morgan fingerprint density at radius 2 is 2.17 bits per heavy atom. The lowest BCUT2D eigenvalue weighted by Gasteiger charge is -2.05. The minimum absolute atomic E-state index is 0.0958. The van der Waals surface area contributed by atoms with Crippen molar-refractivity contribution in [2.24, 2.45) is 0 Å². The van der Waals surface area contributed by atoms with E-state index in [2.05, 4.69) is 15.5 Å². The molecule has 0 aliphatic heterocycles. The van der Waals surface area contributed by atoms with E-state index in [9.17, 15) is 9.59 Å². The maximum Gasteiger partial charge on any atom is 0.374 e. The number of hydrogen-bond acceptors (Lipinski definition) is 7. The standard InChI is InChI=1S/C16H16N4O4/c1-3-6-20-15(17-18-19-20)9-23-16(22)14-8-12(21)11-7-10(2)4-5-13(11)24-14/h4-5,7-8H,3,6,9H2,1-2H3. The van der Waals surface area contributed by atoms with Crippen LogP contribution in [0, 0.1) is 6.92 Å². The second-order valence-corrected chi connectivity index (χ2v) is 5.37. The van der Waals surface area contributed by atoms with E-state index in [0.717, 1.165) is 18.1 Å². The molecular formula is C16H16N4O4. The first-order valence-electron chi connectivity index (χ1n) is 7.55. The summed E-state index contributed by atoms with van der Waals surface area (Å²) in [7, 11) is 0. The molecule has 2 aromatic heterocycles. The van der Waals surface area contributed by atoms with Gasteiger partial charge in [-0.3, -0.25) is 4.79 Å². The van der Waals surface area contributed by atoms with Crippen LogP contribution in [0.15, 0.2) is 33.5 Å². The average molecular weight is 328 g/mol. The van der Waals surface area contributed by atoms with Gasteiger partial charge >= 0.3 is 5.97 Å². The molecule has 0 amide bonds. The van der Waals surface area contributed by atoms with Gasteiger partial charge in [0.15, 0.2) is 17.9 Å². The third-order valence-electron chi connectivity index (χ3n) is 3.46. The quantitative estimate of drug-likeness (QED) is 0.659. The summed E-state index contributed by atoms with van der Waals surface area (Å²) in [6.07, 6.45) is 0.852. The Morgan fingerprint density at radius 1 is 1.33 bits per heavy atom. The zero-order valence-electron chi connectivity index (χ0n) is 13.4. The highest BCUT2D eigenvalue weighted by Crippen LogP contribution is 2.15. The van der Waals surface area contributed by atoms with E-state index < -0.39 is 5.97 Å². The molecule has 3 rings (SSSR count). The molecule has 0 N–H and O–H groups in total. The zero-order valence-corrected chi connectivity index (χ0v) is 13.4. The van der Waals surface area contributed by atoms with Gasteiger partial charge in [0.2, 0.25) is 5.76 Å². The number of carbonyl (C=O) groups excluding carboxylic acids is 1. The van der Waals surface area contributed by atoms with Crippen LogP contribution in [-0.2, 0) is 17.9 Å². The number of carbonyl (C=O) groups is 1. The third kappa shape index (κ3) is 3.17. The van der Waals surface area contributed by atoms with E-state index in [1.807, 2.05) is 13.8 Å². The lowest BCUT2D eigenvalue weighted by atomic mass is 10.1. The van der Waals surface area contributed by atoms with E-state index >= 15 is 0 Å². The lowest BCUT2D eigenvalue weighted by Crippen LogP contribution is -2.13. The van der Waals surface area contributed by atoms with Crippen LogP contribution >= 0.6 is 0 Å². The molecule has 1 aromatic carbocycles. The van der Waals surface area contributed by atoms with Gasteiger partial charge in [0, 0.05) is 12.6 Å². The van der Waals surface area contributed by atoms with Gasteiger partial charge < -0.3 is 9.15 Å². The number of ether oxygens (including phenoxy) is 1. The zero-order chi connectivity index (χ0) is 17.1. The number of fused-ring (bicyclic) bond motifs is 1. The Labute approximate surface area is 137 Å². The van der Waals surface area contributed by atoms with E-state index in [0.29, 0.717) is 23.3 Å². The van der Waals surface area contributed by atoms with Crippen molar-refractivity contribution >= 4 is 16.9 Å². The van der Waals surface area contributed by atoms with Gasteiger partial charge in [-0.15, -0.1) is 5.10 Å². The largest absolute Gasteiger partial charge is 0.452 e. The summed E-state index contributed by atoms with van der Waals surface area (Å²) in [5.74, 6) is -0.449. The van der Waals surface area contributed by atoms with Crippen molar-refractivity contribution in [3.8, 4) is 0 Å². The van der Waals surface area contributed by atoms with Crippen molar-refractivity contribution in [3.63, 3.8) is 0 Å². The van der Waals surface area contributed by atoms with Crippen LogP contribution in [0.2, 0.25) is 0 Å². The first-order chi connectivity index (χ1) is 11.6. The topological polar surface area (TPSA) is 100 Å². The predicted octanol–water partition coefficient (Wildman–Crippen LogP) is 1.85. The molecule has 0 aliphatic carbocycles. The minimum Gasteiger partial charge on any atom is -0.452 e. The molecule has 2 heterocycles. The van der Waals surface area contributed by atoms with Gasteiger partial charge in [-0.2, -0.15) is 0 Å². The Balaban J connectivity index is 1.80. The van der Waals surface area contributed by atoms with E-state index in [4.69, 9.17) is 9.15 Å². The maximum atomic E-state index is 12.1. The number of esters is 1. The van der Waals surface area contributed by atoms with Crippen LogP contribution in [0.4, 0.5) is 0 Å². The van der Waals surface area contributed by atoms with Gasteiger partial charge in [-0.1, -0.05) is 18.6 Å². The molecule has 0 fully saturated rings. The highest BCUT2D eigenvalue weighted by molar-refractivity contribution is 5.89. The SMILES string of the molecule is CCCn1nnnc1COC(=O)c1cc(=O)c2cc(C)ccc2o1. The van der Waals surface area contributed by atoms with Crippen LogP contribution in [0.1, 0.15) is 35.3 Å². The summed E-state index contributed by atoms with van der Waals surface area (Å²) >= 11 is 0. The molecule has 0 bridgehead atoms. The number of tetrazole rings is 1. The van der Waals surface area contributed by atoms with Crippen molar-refractivity contribution < 1.29 is 13.9 Å². The van der Waals surface area contributed by atoms with Crippen molar-refractivity contribution in [1.82, 2.24) is 20.2 Å². The normalized spacial score (nSPS) is 10.9. The van der Waals surface area contributed by atoms with Crippen molar-refractivity contribution in [2.45, 2.75) is 33.4 Å².